The standard InChI is InChI=1S/C31H29FN6O4/c1-41-27-5-3-4-23(32)29(27)30-28(42-2)9-8-25(36-30)31(40)37-24-7-6-18(22-15-35-11-10-19(22)14-33)12-26(24)38-16-20(34)13-21(38)17-39/h3-12,15,20-21,39H,13,16-17,34H2,1-2H3,(H,37,40)/t20-,21-/m0/s1. The summed E-state index contributed by atoms with van der Waals surface area (Å²) in [6, 6.07) is 16.1. The van der Waals surface area contributed by atoms with Gasteiger partial charge in [0.1, 0.15) is 28.7 Å². The first-order valence-corrected chi connectivity index (χ1v) is 13.2. The lowest BCUT2D eigenvalue weighted by Gasteiger charge is -2.28. The minimum atomic E-state index is -0.580. The van der Waals surface area contributed by atoms with Crippen molar-refractivity contribution in [2.75, 3.05) is 37.6 Å². The number of nitrogens with two attached hydrogens (primary N) is 1. The van der Waals surface area contributed by atoms with E-state index in [9.17, 15) is 19.6 Å². The highest BCUT2D eigenvalue weighted by molar-refractivity contribution is 6.05. The fourth-order valence-corrected chi connectivity index (χ4v) is 5.19. The van der Waals surface area contributed by atoms with E-state index in [-0.39, 0.29) is 47.1 Å². The number of pyridine rings is 2. The van der Waals surface area contributed by atoms with Crippen LogP contribution in [0.2, 0.25) is 0 Å². The summed E-state index contributed by atoms with van der Waals surface area (Å²) >= 11 is 0. The summed E-state index contributed by atoms with van der Waals surface area (Å²) in [6.45, 7) is 0.323. The van der Waals surface area contributed by atoms with E-state index in [1.54, 1.807) is 42.7 Å². The number of nitriles is 1. The number of halogens is 1. The molecular formula is C31H29FN6O4. The molecule has 5 rings (SSSR count). The number of nitrogens with one attached hydrogen (secondary N) is 1. The zero-order chi connectivity index (χ0) is 29.8. The number of carbonyl (C=O) groups is 1. The Balaban J connectivity index is 1.56. The van der Waals surface area contributed by atoms with Gasteiger partial charge in [0.05, 0.1) is 55.4 Å². The smallest absolute Gasteiger partial charge is 0.274 e. The van der Waals surface area contributed by atoms with Gasteiger partial charge in [-0.25, -0.2) is 9.37 Å². The van der Waals surface area contributed by atoms with Crippen molar-refractivity contribution in [2.45, 2.75) is 18.5 Å². The highest BCUT2D eigenvalue weighted by atomic mass is 19.1. The Labute approximate surface area is 242 Å². The van der Waals surface area contributed by atoms with Gasteiger partial charge in [-0.15, -0.1) is 0 Å². The molecule has 214 valence electrons. The molecule has 1 fully saturated rings. The van der Waals surface area contributed by atoms with Crippen molar-refractivity contribution in [3.05, 3.63) is 84.1 Å². The van der Waals surface area contributed by atoms with E-state index in [1.165, 1.54) is 32.4 Å². The van der Waals surface area contributed by atoms with Crippen LogP contribution in [0.5, 0.6) is 11.5 Å². The number of hydrogen-bond acceptors (Lipinski definition) is 9. The number of ether oxygens (including phenoxy) is 2. The number of methoxy groups -OCH3 is 2. The Kier molecular flexibility index (Phi) is 8.28. The molecule has 1 aliphatic rings. The van der Waals surface area contributed by atoms with E-state index < -0.39 is 11.7 Å². The molecule has 42 heavy (non-hydrogen) atoms. The second kappa shape index (κ2) is 12.2. The Morgan fingerprint density at radius 3 is 2.74 bits per heavy atom. The minimum absolute atomic E-state index is 0.0157. The van der Waals surface area contributed by atoms with Gasteiger partial charge in [0.15, 0.2) is 0 Å². The van der Waals surface area contributed by atoms with Crippen LogP contribution in [0, 0.1) is 17.1 Å². The van der Waals surface area contributed by atoms with Crippen molar-refractivity contribution >= 4 is 17.3 Å². The molecule has 1 saturated heterocycles. The Bertz CT molecular complexity index is 1670. The minimum Gasteiger partial charge on any atom is -0.496 e. The molecule has 0 radical (unpaired) electrons. The summed E-state index contributed by atoms with van der Waals surface area (Å²) < 4.78 is 25.7. The average Bonchev–Trinajstić information content (AvgIpc) is 3.41. The van der Waals surface area contributed by atoms with Crippen molar-refractivity contribution in [1.29, 1.82) is 5.26 Å². The Hall–Kier alpha value is -5.05. The summed E-state index contributed by atoms with van der Waals surface area (Å²) in [5.41, 5.74) is 9.29. The van der Waals surface area contributed by atoms with Gasteiger partial charge in [0.2, 0.25) is 0 Å². The number of benzene rings is 2. The van der Waals surface area contributed by atoms with E-state index in [0.717, 1.165) is 0 Å². The van der Waals surface area contributed by atoms with Gasteiger partial charge in [-0.2, -0.15) is 5.26 Å². The lowest BCUT2D eigenvalue weighted by molar-refractivity contribution is 0.102. The first-order valence-electron chi connectivity index (χ1n) is 13.2. The third-order valence-corrected chi connectivity index (χ3v) is 7.21. The number of rotatable bonds is 8. The molecule has 3 heterocycles. The third-order valence-electron chi connectivity index (χ3n) is 7.21. The third kappa shape index (κ3) is 5.45. The van der Waals surface area contributed by atoms with Gasteiger partial charge < -0.3 is 30.5 Å². The normalized spacial score (nSPS) is 16.1. The number of amides is 1. The van der Waals surface area contributed by atoms with Crippen molar-refractivity contribution < 1.29 is 23.8 Å². The lowest BCUT2D eigenvalue weighted by atomic mass is 10.0. The van der Waals surface area contributed by atoms with Crippen LogP contribution in [-0.2, 0) is 0 Å². The van der Waals surface area contributed by atoms with Crippen molar-refractivity contribution in [3.8, 4) is 40.0 Å². The van der Waals surface area contributed by atoms with Gasteiger partial charge in [0, 0.05) is 30.5 Å². The van der Waals surface area contributed by atoms with Crippen molar-refractivity contribution in [2.24, 2.45) is 5.73 Å². The van der Waals surface area contributed by atoms with Crippen LogP contribution < -0.4 is 25.4 Å². The van der Waals surface area contributed by atoms with Crippen LogP contribution in [0.25, 0.3) is 22.4 Å². The molecule has 0 spiro atoms. The van der Waals surface area contributed by atoms with Gasteiger partial charge in [-0.3, -0.25) is 9.78 Å². The van der Waals surface area contributed by atoms with E-state index in [0.29, 0.717) is 41.0 Å². The Morgan fingerprint density at radius 2 is 2.00 bits per heavy atom. The molecule has 2 aromatic carbocycles. The van der Waals surface area contributed by atoms with Crippen LogP contribution in [0.4, 0.5) is 15.8 Å². The number of aliphatic hydroxyl groups excluding tert-OH is 1. The molecule has 0 bridgehead atoms. The molecule has 4 N–H and O–H groups in total. The molecule has 0 aliphatic carbocycles. The van der Waals surface area contributed by atoms with Gasteiger partial charge in [-0.05, 0) is 54.4 Å². The predicted octanol–water partition coefficient (Wildman–Crippen LogP) is 3.99. The van der Waals surface area contributed by atoms with Gasteiger partial charge in [0.25, 0.3) is 5.91 Å². The molecule has 0 saturated carbocycles. The number of hydrogen-bond donors (Lipinski definition) is 3. The quantitative estimate of drug-likeness (QED) is 0.287. The predicted molar refractivity (Wildman–Crippen MR) is 156 cm³/mol. The maximum Gasteiger partial charge on any atom is 0.274 e. The molecule has 1 amide bonds. The van der Waals surface area contributed by atoms with Crippen LogP contribution in [-0.4, -0.2) is 60.4 Å². The molecule has 2 atom stereocenters. The number of anilines is 2. The monoisotopic (exact) mass is 568 g/mol. The number of nitrogens with zero attached hydrogens (tertiary/aromatic N) is 4. The number of carbonyl (C=O) groups excluding carboxylic acids is 1. The average molecular weight is 569 g/mol. The van der Waals surface area contributed by atoms with Crippen LogP contribution in [0.3, 0.4) is 0 Å². The van der Waals surface area contributed by atoms with Crippen molar-refractivity contribution in [1.82, 2.24) is 9.97 Å². The summed E-state index contributed by atoms with van der Waals surface area (Å²) in [4.78, 5) is 24.2. The fraction of sp³-hybridized carbons (Fsp3) is 0.226. The van der Waals surface area contributed by atoms with Crippen LogP contribution in [0.1, 0.15) is 22.5 Å². The van der Waals surface area contributed by atoms with E-state index in [2.05, 4.69) is 21.4 Å². The molecule has 2 aromatic heterocycles. The van der Waals surface area contributed by atoms with E-state index in [4.69, 9.17) is 15.2 Å². The summed E-state index contributed by atoms with van der Waals surface area (Å²) in [5.74, 6) is -0.625. The highest BCUT2D eigenvalue weighted by Crippen LogP contribution is 2.39. The molecule has 4 aromatic rings. The van der Waals surface area contributed by atoms with Gasteiger partial charge in [-0.1, -0.05) is 12.1 Å². The van der Waals surface area contributed by atoms with Crippen molar-refractivity contribution in [3.63, 3.8) is 0 Å². The fourth-order valence-electron chi connectivity index (χ4n) is 5.19. The topological polar surface area (TPSA) is 147 Å². The van der Waals surface area contributed by atoms with E-state index >= 15 is 0 Å². The molecule has 11 heteroatoms. The molecular weight excluding hydrogens is 539 g/mol. The van der Waals surface area contributed by atoms with E-state index in [1.807, 2.05) is 11.0 Å². The van der Waals surface area contributed by atoms with Crippen LogP contribution >= 0.6 is 0 Å². The molecule has 10 nitrogen and oxygen atoms in total. The molecule has 0 unspecified atom stereocenters. The Morgan fingerprint density at radius 1 is 1.19 bits per heavy atom. The largest absolute Gasteiger partial charge is 0.496 e. The first-order chi connectivity index (χ1) is 20.4. The summed E-state index contributed by atoms with van der Waals surface area (Å²) in [7, 11) is 2.85. The summed E-state index contributed by atoms with van der Waals surface area (Å²) in [6.07, 6.45) is 3.72. The second-order valence-electron chi connectivity index (χ2n) is 9.77. The number of aromatic nitrogens is 2. The zero-order valence-electron chi connectivity index (χ0n) is 23.0. The highest BCUT2D eigenvalue weighted by Gasteiger charge is 2.32. The molecule has 1 aliphatic heterocycles. The lowest BCUT2D eigenvalue weighted by Crippen LogP contribution is -2.33. The maximum absolute atomic E-state index is 14.9. The number of aliphatic hydroxyl groups is 1. The SMILES string of the molecule is COc1ccc(C(=O)Nc2ccc(-c3cnccc3C#N)cc2N2C[C@@H](N)C[C@H]2CO)nc1-c1c(F)cccc1OC. The maximum atomic E-state index is 14.9. The summed E-state index contributed by atoms with van der Waals surface area (Å²) in [5, 5.41) is 22.6. The first kappa shape index (κ1) is 28.5. The zero-order valence-corrected chi connectivity index (χ0v) is 23.0. The van der Waals surface area contributed by atoms with Gasteiger partial charge >= 0.3 is 0 Å². The van der Waals surface area contributed by atoms with Crippen LogP contribution in [0.15, 0.2) is 67.0 Å². The second-order valence-corrected chi connectivity index (χ2v) is 9.77.